The predicted molar refractivity (Wildman–Crippen MR) is 126 cm³/mol. The van der Waals surface area contributed by atoms with Gasteiger partial charge in [0, 0.05) is 43.2 Å². The van der Waals surface area contributed by atoms with Crippen molar-refractivity contribution in [2.24, 2.45) is 7.05 Å². The van der Waals surface area contributed by atoms with Crippen molar-refractivity contribution < 1.29 is 13.2 Å². The minimum Gasteiger partial charge on any atom is -0.348 e. The standard InChI is InChI=1S/C25H24F3N7/c1-15(2)34-20(9-10-30-34)24-29-13-21-23(31-24)18(14-33(21)4)12-17-5-7-19(8-6-17)35-16(3)11-22(32-35)25(26,27)28/h5-11,13-15H,12H2,1-4H3. The highest BCUT2D eigenvalue weighted by Gasteiger charge is 2.34. The van der Waals surface area contributed by atoms with Crippen LogP contribution in [-0.4, -0.2) is 34.1 Å². The van der Waals surface area contributed by atoms with Crippen molar-refractivity contribution in [2.45, 2.75) is 39.4 Å². The molecule has 0 unspecified atom stereocenters. The lowest BCUT2D eigenvalue weighted by molar-refractivity contribution is -0.141. The van der Waals surface area contributed by atoms with Gasteiger partial charge in [-0.25, -0.2) is 14.6 Å². The van der Waals surface area contributed by atoms with Crippen molar-refractivity contribution in [1.82, 2.24) is 34.1 Å². The molecule has 0 bridgehead atoms. The van der Waals surface area contributed by atoms with Gasteiger partial charge >= 0.3 is 6.18 Å². The SMILES string of the molecule is Cc1cc(C(F)(F)F)nn1-c1ccc(Cc2cn(C)c3cnc(-c4ccnn4C(C)C)nc23)cc1. The summed E-state index contributed by atoms with van der Waals surface area (Å²) in [4.78, 5) is 9.43. The summed E-state index contributed by atoms with van der Waals surface area (Å²) in [5, 5.41) is 8.11. The number of hydrogen-bond acceptors (Lipinski definition) is 4. The summed E-state index contributed by atoms with van der Waals surface area (Å²) in [7, 11) is 1.95. The first kappa shape index (κ1) is 22.8. The zero-order valence-corrected chi connectivity index (χ0v) is 19.7. The first-order valence-electron chi connectivity index (χ1n) is 11.2. The van der Waals surface area contributed by atoms with Gasteiger partial charge in [-0.05, 0) is 50.6 Å². The van der Waals surface area contributed by atoms with Crippen molar-refractivity contribution in [3.63, 3.8) is 0 Å². The summed E-state index contributed by atoms with van der Waals surface area (Å²) in [6.45, 7) is 5.72. The largest absolute Gasteiger partial charge is 0.435 e. The fourth-order valence-corrected chi connectivity index (χ4v) is 4.24. The fourth-order valence-electron chi connectivity index (χ4n) is 4.24. The molecular formula is C25H24F3N7. The highest BCUT2D eigenvalue weighted by Crippen LogP contribution is 2.30. The molecule has 0 aliphatic carbocycles. The first-order chi connectivity index (χ1) is 16.6. The molecule has 0 radical (unpaired) electrons. The Hall–Kier alpha value is -3.95. The van der Waals surface area contributed by atoms with Crippen LogP contribution in [0.1, 0.15) is 42.4 Å². The van der Waals surface area contributed by atoms with E-state index in [0.717, 1.165) is 33.9 Å². The van der Waals surface area contributed by atoms with Crippen LogP contribution in [0.3, 0.4) is 0 Å². The monoisotopic (exact) mass is 479 g/mol. The number of aromatic nitrogens is 7. The Labute approximate surface area is 199 Å². The molecule has 5 aromatic rings. The zero-order valence-electron chi connectivity index (χ0n) is 19.7. The highest BCUT2D eigenvalue weighted by atomic mass is 19.4. The van der Waals surface area contributed by atoms with Crippen LogP contribution in [0, 0.1) is 6.92 Å². The van der Waals surface area contributed by atoms with Crippen molar-refractivity contribution in [2.75, 3.05) is 0 Å². The summed E-state index contributed by atoms with van der Waals surface area (Å²) in [6, 6.07) is 10.5. The Morgan fingerprint density at radius 2 is 1.80 bits per heavy atom. The van der Waals surface area contributed by atoms with Gasteiger partial charge in [-0.2, -0.15) is 23.4 Å². The summed E-state index contributed by atoms with van der Waals surface area (Å²) in [6.07, 6.45) is 1.74. The molecule has 10 heteroatoms. The molecule has 4 heterocycles. The fraction of sp³-hybridized carbons (Fsp3) is 0.280. The summed E-state index contributed by atoms with van der Waals surface area (Å²) in [5.41, 5.74) is 4.77. The van der Waals surface area contributed by atoms with Crippen LogP contribution in [0.15, 0.2) is 55.0 Å². The second kappa shape index (κ2) is 8.37. The molecule has 0 aliphatic heterocycles. The Kier molecular flexibility index (Phi) is 5.46. The van der Waals surface area contributed by atoms with Crippen LogP contribution in [-0.2, 0) is 19.6 Å². The highest BCUT2D eigenvalue weighted by molar-refractivity contribution is 5.81. The quantitative estimate of drug-likeness (QED) is 0.333. The van der Waals surface area contributed by atoms with E-state index in [4.69, 9.17) is 4.98 Å². The molecule has 0 aliphatic rings. The first-order valence-corrected chi connectivity index (χ1v) is 11.2. The number of benzene rings is 1. The van der Waals surface area contributed by atoms with E-state index in [-0.39, 0.29) is 6.04 Å². The van der Waals surface area contributed by atoms with Crippen molar-refractivity contribution in [1.29, 1.82) is 0 Å². The van der Waals surface area contributed by atoms with Crippen LogP contribution >= 0.6 is 0 Å². The van der Waals surface area contributed by atoms with Crippen molar-refractivity contribution >= 4 is 11.0 Å². The van der Waals surface area contributed by atoms with Gasteiger partial charge in [-0.15, -0.1) is 0 Å². The molecule has 5 rings (SSSR count). The second-order valence-electron chi connectivity index (χ2n) is 8.87. The van der Waals surface area contributed by atoms with Gasteiger partial charge < -0.3 is 4.57 Å². The van der Waals surface area contributed by atoms with Gasteiger partial charge in [0.15, 0.2) is 11.5 Å². The Bertz CT molecular complexity index is 1500. The number of hydrogen-bond donors (Lipinski definition) is 0. The van der Waals surface area contributed by atoms with Crippen LogP contribution in [0.25, 0.3) is 28.2 Å². The molecular weight excluding hydrogens is 455 g/mol. The molecule has 4 aromatic heterocycles. The molecule has 180 valence electrons. The number of fused-ring (bicyclic) bond motifs is 1. The minimum atomic E-state index is -4.47. The van der Waals surface area contributed by atoms with Gasteiger partial charge in [-0.1, -0.05) is 12.1 Å². The van der Waals surface area contributed by atoms with E-state index in [1.165, 1.54) is 4.68 Å². The Morgan fingerprint density at radius 1 is 1.06 bits per heavy atom. The number of halogens is 3. The smallest absolute Gasteiger partial charge is 0.348 e. The molecule has 0 spiro atoms. The average molecular weight is 480 g/mol. The zero-order chi connectivity index (χ0) is 24.9. The Balaban J connectivity index is 1.46. The lowest BCUT2D eigenvalue weighted by Crippen LogP contribution is -2.07. The van der Waals surface area contributed by atoms with Gasteiger partial charge in [0.05, 0.1) is 22.9 Å². The molecule has 1 aromatic carbocycles. The predicted octanol–water partition coefficient (Wildman–Crippen LogP) is 5.52. The third-order valence-corrected chi connectivity index (χ3v) is 5.94. The molecule has 0 saturated carbocycles. The average Bonchev–Trinajstić information content (AvgIpc) is 3.52. The molecule has 0 fully saturated rings. The molecule has 0 atom stereocenters. The van der Waals surface area contributed by atoms with Gasteiger partial charge in [0.25, 0.3) is 0 Å². The van der Waals surface area contributed by atoms with E-state index in [1.54, 1.807) is 25.3 Å². The van der Waals surface area contributed by atoms with Crippen LogP contribution in [0.2, 0.25) is 0 Å². The third-order valence-electron chi connectivity index (χ3n) is 5.94. The van der Waals surface area contributed by atoms with Gasteiger partial charge in [-0.3, -0.25) is 4.68 Å². The van der Waals surface area contributed by atoms with Crippen LogP contribution in [0.5, 0.6) is 0 Å². The maximum atomic E-state index is 13.0. The maximum Gasteiger partial charge on any atom is 0.435 e. The molecule has 0 saturated heterocycles. The number of aryl methyl sites for hydroxylation is 2. The lowest BCUT2D eigenvalue weighted by atomic mass is 10.1. The second-order valence-corrected chi connectivity index (χ2v) is 8.87. The van der Waals surface area contributed by atoms with E-state index in [9.17, 15) is 13.2 Å². The maximum absolute atomic E-state index is 13.0. The topological polar surface area (TPSA) is 66.3 Å². The van der Waals surface area contributed by atoms with E-state index < -0.39 is 11.9 Å². The van der Waals surface area contributed by atoms with Gasteiger partial charge in [0.2, 0.25) is 0 Å². The van der Waals surface area contributed by atoms with Crippen molar-refractivity contribution in [3.05, 3.63) is 77.5 Å². The normalized spacial score (nSPS) is 12.2. The third kappa shape index (κ3) is 4.20. The van der Waals surface area contributed by atoms with E-state index in [1.807, 2.05) is 46.9 Å². The lowest BCUT2D eigenvalue weighted by Gasteiger charge is -2.10. The number of alkyl halides is 3. The Morgan fingerprint density at radius 3 is 2.46 bits per heavy atom. The van der Waals surface area contributed by atoms with E-state index in [2.05, 4.69) is 29.0 Å². The van der Waals surface area contributed by atoms with E-state index >= 15 is 0 Å². The van der Waals surface area contributed by atoms with Crippen LogP contribution in [0.4, 0.5) is 13.2 Å². The summed E-state index contributed by atoms with van der Waals surface area (Å²) >= 11 is 0. The van der Waals surface area contributed by atoms with E-state index in [0.29, 0.717) is 23.6 Å². The number of rotatable bonds is 5. The number of nitrogens with zero attached hydrogens (tertiary/aromatic N) is 7. The molecule has 0 N–H and O–H groups in total. The minimum absolute atomic E-state index is 0.179. The van der Waals surface area contributed by atoms with Crippen LogP contribution < -0.4 is 0 Å². The van der Waals surface area contributed by atoms with Crippen molar-refractivity contribution in [3.8, 4) is 17.2 Å². The summed E-state index contributed by atoms with van der Waals surface area (Å²) < 4.78 is 44.3. The molecule has 0 amide bonds. The molecule has 7 nitrogen and oxygen atoms in total. The molecule has 35 heavy (non-hydrogen) atoms. The summed E-state index contributed by atoms with van der Waals surface area (Å²) in [5.74, 6) is 0.612. The van der Waals surface area contributed by atoms with Gasteiger partial charge in [0.1, 0.15) is 5.69 Å².